The van der Waals surface area contributed by atoms with E-state index in [2.05, 4.69) is 26.6 Å². The van der Waals surface area contributed by atoms with E-state index in [0.29, 0.717) is 28.8 Å². The van der Waals surface area contributed by atoms with Crippen LogP contribution >= 0.6 is 22.9 Å². The molecule has 1 amide bonds. The Morgan fingerprint density at radius 1 is 1.31 bits per heavy atom. The molecule has 0 saturated carbocycles. The van der Waals surface area contributed by atoms with Gasteiger partial charge >= 0.3 is 0 Å². The molecule has 8 heteroatoms. The zero-order valence-corrected chi connectivity index (χ0v) is 17.8. The fourth-order valence-corrected chi connectivity index (χ4v) is 4.72. The Balaban J connectivity index is 1.53. The summed E-state index contributed by atoms with van der Waals surface area (Å²) < 4.78 is 11.8. The number of hydrogen-bond donors (Lipinski definition) is 1. The maximum atomic E-state index is 13.0. The van der Waals surface area contributed by atoms with Gasteiger partial charge in [0.15, 0.2) is 0 Å². The summed E-state index contributed by atoms with van der Waals surface area (Å²) >= 11 is 8.06. The van der Waals surface area contributed by atoms with Crippen molar-refractivity contribution in [2.45, 2.75) is 12.8 Å². The first kappa shape index (κ1) is 19.8. The number of nitrogens with one attached hydrogen (secondary N) is 1. The summed E-state index contributed by atoms with van der Waals surface area (Å²) in [5, 5.41) is 6.55. The smallest absolute Gasteiger partial charge is 0.229 e. The van der Waals surface area contributed by atoms with Crippen molar-refractivity contribution in [1.29, 1.82) is 0 Å². The summed E-state index contributed by atoms with van der Waals surface area (Å²) in [4.78, 5) is 19.8. The fraction of sp³-hybridized carbons (Fsp3) is 0.333. The third-order valence-corrected chi connectivity index (χ3v) is 6.36. The molecule has 4 rings (SSSR count). The second kappa shape index (κ2) is 8.47. The van der Waals surface area contributed by atoms with E-state index in [9.17, 15) is 4.79 Å². The lowest BCUT2D eigenvalue weighted by atomic mass is 9.96. The van der Waals surface area contributed by atoms with E-state index in [0.717, 1.165) is 30.6 Å². The molecule has 2 aromatic heterocycles. The monoisotopic (exact) mass is 431 g/mol. The first-order valence-corrected chi connectivity index (χ1v) is 10.7. The molecular formula is C21H22ClN3O3S. The van der Waals surface area contributed by atoms with E-state index in [1.807, 2.05) is 12.3 Å². The average molecular weight is 432 g/mol. The minimum absolute atomic E-state index is 0.0717. The standard InChI is InChI=1S/C21H22ClN3O3S/c1-27-14-10-16(22)19(17(11-14)28-2)24-21(26)13-4-3-8-25(12-13)20-15-6-9-29-18(15)5-7-23-20/h5-7,9-11,13H,3-4,8,12H2,1-2H3,(H,24,26). The highest BCUT2D eigenvalue weighted by atomic mass is 35.5. The number of pyridine rings is 1. The van der Waals surface area contributed by atoms with Crippen LogP contribution in [0.1, 0.15) is 12.8 Å². The maximum Gasteiger partial charge on any atom is 0.229 e. The van der Waals surface area contributed by atoms with Crippen molar-refractivity contribution in [2.24, 2.45) is 5.92 Å². The van der Waals surface area contributed by atoms with E-state index in [1.54, 1.807) is 30.6 Å². The van der Waals surface area contributed by atoms with E-state index < -0.39 is 0 Å². The summed E-state index contributed by atoms with van der Waals surface area (Å²) in [5.41, 5.74) is 0.468. The highest BCUT2D eigenvalue weighted by Crippen LogP contribution is 2.38. The molecule has 0 aliphatic carbocycles. The number of carbonyl (C=O) groups is 1. The Labute approximate surface area is 178 Å². The largest absolute Gasteiger partial charge is 0.497 e. The molecule has 1 atom stereocenters. The number of amides is 1. The summed E-state index contributed by atoms with van der Waals surface area (Å²) in [7, 11) is 3.10. The number of halogens is 1. The van der Waals surface area contributed by atoms with Gasteiger partial charge in [-0.2, -0.15) is 0 Å². The molecule has 1 aliphatic heterocycles. The first-order chi connectivity index (χ1) is 14.1. The van der Waals surface area contributed by atoms with Gasteiger partial charge in [0.25, 0.3) is 0 Å². The molecule has 0 bridgehead atoms. The van der Waals surface area contributed by atoms with E-state index in [4.69, 9.17) is 21.1 Å². The molecule has 1 fully saturated rings. The predicted molar refractivity (Wildman–Crippen MR) is 118 cm³/mol. The second-order valence-electron chi connectivity index (χ2n) is 6.93. The molecule has 1 N–H and O–H groups in total. The Bertz CT molecular complexity index is 1040. The molecular weight excluding hydrogens is 410 g/mol. The van der Waals surface area contributed by atoms with Crippen LogP contribution in [0.2, 0.25) is 5.02 Å². The number of hydrogen-bond acceptors (Lipinski definition) is 6. The normalized spacial score (nSPS) is 16.7. The molecule has 29 heavy (non-hydrogen) atoms. The quantitative estimate of drug-likeness (QED) is 0.627. The van der Waals surface area contributed by atoms with Crippen LogP contribution in [0.15, 0.2) is 35.8 Å². The van der Waals surface area contributed by atoms with E-state index >= 15 is 0 Å². The van der Waals surface area contributed by atoms with Gasteiger partial charge in [-0.05, 0) is 30.4 Å². The molecule has 0 radical (unpaired) electrons. The summed E-state index contributed by atoms with van der Waals surface area (Å²) in [6.07, 6.45) is 3.58. The molecule has 3 heterocycles. The van der Waals surface area contributed by atoms with Crippen LogP contribution in [0.4, 0.5) is 11.5 Å². The van der Waals surface area contributed by atoms with Gasteiger partial charge in [-0.25, -0.2) is 4.98 Å². The molecule has 1 saturated heterocycles. The number of aromatic nitrogens is 1. The Hall–Kier alpha value is -2.51. The van der Waals surface area contributed by atoms with Crippen LogP contribution in [0.5, 0.6) is 11.5 Å². The van der Waals surface area contributed by atoms with Gasteiger partial charge in [-0.1, -0.05) is 11.6 Å². The van der Waals surface area contributed by atoms with Gasteiger partial charge in [-0.15, -0.1) is 11.3 Å². The van der Waals surface area contributed by atoms with Crippen LogP contribution < -0.4 is 19.7 Å². The highest BCUT2D eigenvalue weighted by molar-refractivity contribution is 7.17. The van der Waals surface area contributed by atoms with Gasteiger partial charge in [0, 0.05) is 41.5 Å². The third kappa shape index (κ3) is 3.97. The van der Waals surface area contributed by atoms with Crippen molar-refractivity contribution in [3.8, 4) is 11.5 Å². The van der Waals surface area contributed by atoms with Crippen molar-refractivity contribution in [3.63, 3.8) is 0 Å². The SMILES string of the molecule is COc1cc(Cl)c(NC(=O)C2CCCN(c3nccc4sccc34)C2)c(OC)c1. The van der Waals surface area contributed by atoms with Crippen LogP contribution in [-0.2, 0) is 4.79 Å². The summed E-state index contributed by atoms with van der Waals surface area (Å²) in [5.74, 6) is 1.75. The topological polar surface area (TPSA) is 63.7 Å². The number of anilines is 2. The molecule has 1 unspecified atom stereocenters. The average Bonchev–Trinajstić information content (AvgIpc) is 3.23. The number of carbonyl (C=O) groups excluding carboxylic acids is 1. The zero-order chi connectivity index (χ0) is 20.4. The lowest BCUT2D eigenvalue weighted by molar-refractivity contribution is -0.120. The minimum atomic E-state index is -0.165. The Kier molecular flexibility index (Phi) is 5.78. The molecule has 3 aromatic rings. The van der Waals surface area contributed by atoms with Crippen molar-refractivity contribution in [3.05, 3.63) is 40.9 Å². The Morgan fingerprint density at radius 2 is 2.17 bits per heavy atom. The number of thiophene rings is 1. The zero-order valence-electron chi connectivity index (χ0n) is 16.3. The number of benzene rings is 1. The minimum Gasteiger partial charge on any atom is -0.497 e. The fourth-order valence-electron chi connectivity index (χ4n) is 3.70. The lowest BCUT2D eigenvalue weighted by Gasteiger charge is -2.33. The summed E-state index contributed by atoms with van der Waals surface area (Å²) in [6, 6.07) is 7.48. The number of nitrogens with zero attached hydrogens (tertiary/aromatic N) is 2. The van der Waals surface area contributed by atoms with Crippen molar-refractivity contribution >= 4 is 50.4 Å². The number of ether oxygens (including phenoxy) is 2. The van der Waals surface area contributed by atoms with E-state index in [1.165, 1.54) is 11.8 Å². The molecule has 152 valence electrons. The van der Waals surface area contributed by atoms with Crippen molar-refractivity contribution < 1.29 is 14.3 Å². The lowest BCUT2D eigenvalue weighted by Crippen LogP contribution is -2.41. The summed E-state index contributed by atoms with van der Waals surface area (Å²) in [6.45, 7) is 1.50. The van der Waals surface area contributed by atoms with Crippen LogP contribution in [0.25, 0.3) is 10.1 Å². The highest BCUT2D eigenvalue weighted by Gasteiger charge is 2.28. The molecule has 0 spiro atoms. The van der Waals surface area contributed by atoms with Crippen LogP contribution in [-0.4, -0.2) is 38.2 Å². The van der Waals surface area contributed by atoms with Gasteiger partial charge in [0.1, 0.15) is 23.0 Å². The van der Waals surface area contributed by atoms with Crippen molar-refractivity contribution in [1.82, 2.24) is 4.98 Å². The third-order valence-electron chi connectivity index (χ3n) is 5.18. The van der Waals surface area contributed by atoms with Gasteiger partial charge < -0.3 is 19.7 Å². The Morgan fingerprint density at radius 3 is 2.97 bits per heavy atom. The maximum absolute atomic E-state index is 13.0. The van der Waals surface area contributed by atoms with Crippen LogP contribution in [0.3, 0.4) is 0 Å². The number of rotatable bonds is 5. The molecule has 1 aromatic carbocycles. The number of methoxy groups -OCH3 is 2. The van der Waals surface area contributed by atoms with Crippen LogP contribution in [0, 0.1) is 5.92 Å². The number of fused-ring (bicyclic) bond motifs is 1. The molecule has 6 nitrogen and oxygen atoms in total. The number of piperidine rings is 1. The second-order valence-corrected chi connectivity index (χ2v) is 8.28. The van der Waals surface area contributed by atoms with Crippen molar-refractivity contribution in [2.75, 3.05) is 37.5 Å². The van der Waals surface area contributed by atoms with Gasteiger partial charge in [0.2, 0.25) is 5.91 Å². The van der Waals surface area contributed by atoms with Gasteiger partial charge in [-0.3, -0.25) is 4.79 Å². The van der Waals surface area contributed by atoms with E-state index in [-0.39, 0.29) is 11.8 Å². The first-order valence-electron chi connectivity index (χ1n) is 9.40. The predicted octanol–water partition coefficient (Wildman–Crippen LogP) is 4.82. The van der Waals surface area contributed by atoms with Gasteiger partial charge in [0.05, 0.1) is 25.2 Å². The molecule has 1 aliphatic rings.